The minimum absolute atomic E-state index is 0.0322. The van der Waals surface area contributed by atoms with Crippen molar-refractivity contribution in [1.29, 1.82) is 0 Å². The Morgan fingerprint density at radius 2 is 1.68 bits per heavy atom. The number of benzene rings is 3. The first-order valence-electron chi connectivity index (χ1n) is 13.2. The Kier molecular flexibility index (Phi) is 9.33. The molecule has 1 atom stereocenters. The number of hydrogen-bond acceptors (Lipinski definition) is 6. The van der Waals surface area contributed by atoms with Crippen LogP contribution >= 0.6 is 0 Å². The van der Waals surface area contributed by atoms with Gasteiger partial charge in [0.2, 0.25) is 11.8 Å². The highest BCUT2D eigenvalue weighted by molar-refractivity contribution is 7.92. The van der Waals surface area contributed by atoms with Crippen molar-refractivity contribution < 1.29 is 27.3 Å². The lowest BCUT2D eigenvalue weighted by Gasteiger charge is -2.32. The van der Waals surface area contributed by atoms with Gasteiger partial charge in [-0.15, -0.1) is 0 Å². The first-order chi connectivity index (χ1) is 19.6. The molecule has 216 valence electrons. The summed E-state index contributed by atoms with van der Waals surface area (Å²) < 4.78 is 43.0. The number of nitro benzene ring substituents is 1. The van der Waals surface area contributed by atoms with Crippen LogP contribution in [0.15, 0.2) is 83.8 Å². The molecule has 0 radical (unpaired) electrons. The number of sulfonamides is 1. The molecule has 2 amide bonds. The molecule has 0 spiro atoms. The second kappa shape index (κ2) is 12.9. The molecule has 1 aliphatic rings. The third-order valence-corrected chi connectivity index (χ3v) is 8.89. The minimum Gasteiger partial charge on any atom is -0.352 e. The maximum Gasteiger partial charge on any atom is 0.271 e. The van der Waals surface area contributed by atoms with Gasteiger partial charge in [-0.2, -0.15) is 0 Å². The Balaban J connectivity index is 1.72. The van der Waals surface area contributed by atoms with Crippen LogP contribution in [-0.4, -0.2) is 48.7 Å². The number of carbonyl (C=O) groups is 2. The number of nitrogens with one attached hydrogen (secondary N) is 1. The van der Waals surface area contributed by atoms with Crippen molar-refractivity contribution in [1.82, 2.24) is 10.2 Å². The molecule has 3 aromatic carbocycles. The molecular formula is C29H31FN4O6S. The number of amides is 2. The van der Waals surface area contributed by atoms with Gasteiger partial charge in [-0.25, -0.2) is 12.8 Å². The summed E-state index contributed by atoms with van der Waals surface area (Å²) in [6, 6.07) is 17.0. The molecule has 1 aliphatic carbocycles. The molecular weight excluding hydrogens is 551 g/mol. The molecule has 0 saturated heterocycles. The summed E-state index contributed by atoms with van der Waals surface area (Å²) in [6.45, 7) is 0.430. The highest BCUT2D eigenvalue weighted by Gasteiger charge is 2.34. The molecule has 0 unspecified atom stereocenters. The van der Waals surface area contributed by atoms with Crippen LogP contribution in [0, 0.1) is 15.9 Å². The summed E-state index contributed by atoms with van der Waals surface area (Å²) >= 11 is 0. The van der Waals surface area contributed by atoms with E-state index < -0.39 is 45.2 Å². The zero-order chi connectivity index (χ0) is 29.6. The second-order valence-electron chi connectivity index (χ2n) is 9.88. The van der Waals surface area contributed by atoms with Gasteiger partial charge in [-0.1, -0.05) is 55.3 Å². The van der Waals surface area contributed by atoms with Crippen molar-refractivity contribution in [2.45, 2.75) is 56.1 Å². The number of carbonyl (C=O) groups excluding carboxylic acids is 2. The fourth-order valence-corrected chi connectivity index (χ4v) is 6.22. The van der Waals surface area contributed by atoms with Crippen LogP contribution in [0.3, 0.4) is 0 Å². The second-order valence-corrected chi connectivity index (χ2v) is 11.7. The predicted octanol–water partition coefficient (Wildman–Crippen LogP) is 4.41. The van der Waals surface area contributed by atoms with E-state index in [1.807, 2.05) is 0 Å². The van der Waals surface area contributed by atoms with Gasteiger partial charge in [-0.05, 0) is 44.0 Å². The lowest BCUT2D eigenvalue weighted by Crippen LogP contribution is -2.52. The maximum absolute atomic E-state index is 14.7. The number of rotatable bonds is 11. The van der Waals surface area contributed by atoms with Gasteiger partial charge in [0, 0.05) is 30.3 Å². The van der Waals surface area contributed by atoms with E-state index in [-0.39, 0.29) is 34.4 Å². The number of anilines is 1. The van der Waals surface area contributed by atoms with E-state index in [4.69, 9.17) is 0 Å². The first-order valence-corrected chi connectivity index (χ1v) is 14.7. The van der Waals surface area contributed by atoms with Crippen molar-refractivity contribution >= 4 is 33.2 Å². The van der Waals surface area contributed by atoms with Crippen molar-refractivity contribution in [2.24, 2.45) is 0 Å². The molecule has 12 heteroatoms. The SMILES string of the molecule is C[C@@H](C(=O)NC1CCCC1)N(Cc1ccccc1F)C(=O)CN(c1cccc([N+](=O)[O-])c1)S(=O)(=O)c1ccccc1. The lowest BCUT2D eigenvalue weighted by molar-refractivity contribution is -0.384. The van der Waals surface area contributed by atoms with Crippen LogP contribution < -0.4 is 9.62 Å². The van der Waals surface area contributed by atoms with E-state index in [1.165, 1.54) is 67.6 Å². The molecule has 1 fully saturated rings. The Hall–Kier alpha value is -4.32. The summed E-state index contributed by atoms with van der Waals surface area (Å²) in [6.07, 6.45) is 3.59. The van der Waals surface area contributed by atoms with Crippen molar-refractivity contribution in [3.05, 3.63) is 100 Å². The predicted molar refractivity (Wildman–Crippen MR) is 151 cm³/mol. The van der Waals surface area contributed by atoms with E-state index in [9.17, 15) is 32.5 Å². The van der Waals surface area contributed by atoms with Crippen molar-refractivity contribution in [3.8, 4) is 0 Å². The average molecular weight is 583 g/mol. The van der Waals surface area contributed by atoms with Crippen molar-refractivity contribution in [2.75, 3.05) is 10.8 Å². The summed E-state index contributed by atoms with van der Waals surface area (Å²) in [5.41, 5.74) is -0.324. The molecule has 4 rings (SSSR count). The van der Waals surface area contributed by atoms with Crippen LogP contribution in [0.25, 0.3) is 0 Å². The largest absolute Gasteiger partial charge is 0.352 e. The Morgan fingerprint density at radius 3 is 2.34 bits per heavy atom. The topological polar surface area (TPSA) is 130 Å². The number of hydrogen-bond donors (Lipinski definition) is 1. The molecule has 0 bridgehead atoms. The quantitative estimate of drug-likeness (QED) is 0.263. The monoisotopic (exact) mass is 582 g/mol. The molecule has 1 N–H and O–H groups in total. The first kappa shape index (κ1) is 29.7. The number of non-ortho nitro benzene ring substituents is 1. The Labute approximate surface area is 238 Å². The number of nitro groups is 1. The van der Waals surface area contributed by atoms with E-state index in [0.29, 0.717) is 0 Å². The Bertz CT molecular complexity index is 1510. The van der Waals surface area contributed by atoms with E-state index in [2.05, 4.69) is 5.32 Å². The standard InChI is InChI=1S/C29H31FN4O6S/c1-21(29(36)31-23-11-6-7-12-23)32(19-22-10-5-8-17-27(22)30)28(35)20-33(24-13-9-14-25(18-24)34(37)38)41(39,40)26-15-3-2-4-16-26/h2-5,8-10,13-18,21,23H,6-7,11-12,19-20H2,1H3,(H,31,36)/t21-/m0/s1. The van der Waals surface area contributed by atoms with Gasteiger partial charge >= 0.3 is 0 Å². The van der Waals surface area contributed by atoms with Crippen LogP contribution in [0.2, 0.25) is 0 Å². The van der Waals surface area contributed by atoms with Crippen LogP contribution in [-0.2, 0) is 26.2 Å². The van der Waals surface area contributed by atoms with Gasteiger partial charge < -0.3 is 10.2 Å². The van der Waals surface area contributed by atoms with Crippen molar-refractivity contribution in [3.63, 3.8) is 0 Å². The molecule has 10 nitrogen and oxygen atoms in total. The fourth-order valence-electron chi connectivity index (χ4n) is 4.79. The van der Waals surface area contributed by atoms with E-state index in [1.54, 1.807) is 12.1 Å². The molecule has 41 heavy (non-hydrogen) atoms. The Morgan fingerprint density at radius 1 is 1.02 bits per heavy atom. The average Bonchev–Trinajstić information content (AvgIpc) is 3.48. The van der Waals surface area contributed by atoms with Gasteiger partial charge in [-0.3, -0.25) is 24.0 Å². The smallest absolute Gasteiger partial charge is 0.271 e. The fraction of sp³-hybridized carbons (Fsp3) is 0.310. The van der Waals surface area contributed by atoms with Gasteiger partial charge in [0.1, 0.15) is 18.4 Å². The highest BCUT2D eigenvalue weighted by atomic mass is 32.2. The third kappa shape index (κ3) is 7.07. The molecule has 3 aromatic rings. The highest BCUT2D eigenvalue weighted by Crippen LogP contribution is 2.28. The van der Waals surface area contributed by atoms with Crippen LogP contribution in [0.4, 0.5) is 15.8 Å². The zero-order valence-electron chi connectivity index (χ0n) is 22.5. The van der Waals surface area contributed by atoms with Gasteiger partial charge in [0.05, 0.1) is 15.5 Å². The summed E-state index contributed by atoms with van der Waals surface area (Å²) in [5, 5.41) is 14.4. The molecule has 1 saturated carbocycles. The normalized spacial score (nSPS) is 14.3. The van der Waals surface area contributed by atoms with Gasteiger partial charge in [0.25, 0.3) is 15.7 Å². The summed E-state index contributed by atoms with van der Waals surface area (Å²) in [5.74, 6) is -1.80. The van der Waals surface area contributed by atoms with Crippen LogP contribution in [0.5, 0.6) is 0 Å². The maximum atomic E-state index is 14.7. The molecule has 0 heterocycles. The summed E-state index contributed by atoms with van der Waals surface area (Å²) in [4.78, 5) is 38.9. The number of halogens is 1. The summed E-state index contributed by atoms with van der Waals surface area (Å²) in [7, 11) is -4.38. The van der Waals surface area contributed by atoms with E-state index in [0.717, 1.165) is 41.0 Å². The van der Waals surface area contributed by atoms with Gasteiger partial charge in [0.15, 0.2) is 0 Å². The zero-order valence-corrected chi connectivity index (χ0v) is 23.3. The lowest BCUT2D eigenvalue weighted by atomic mass is 10.1. The third-order valence-electron chi connectivity index (χ3n) is 7.11. The van der Waals surface area contributed by atoms with Crippen LogP contribution in [0.1, 0.15) is 38.2 Å². The molecule has 0 aromatic heterocycles. The minimum atomic E-state index is -4.38. The number of nitrogens with zero attached hydrogens (tertiary/aromatic N) is 3. The van der Waals surface area contributed by atoms with E-state index >= 15 is 0 Å². The molecule has 0 aliphatic heterocycles.